The Morgan fingerprint density at radius 1 is 1.40 bits per heavy atom. The first-order valence-electron chi connectivity index (χ1n) is 3.89. The van der Waals surface area contributed by atoms with Crippen LogP contribution in [0.15, 0.2) is 0 Å². The van der Waals surface area contributed by atoms with E-state index in [1.54, 1.807) is 0 Å². The molecular weight excluding hydrogens is 124 g/mol. The van der Waals surface area contributed by atoms with Crippen LogP contribution >= 0.6 is 0 Å². The summed E-state index contributed by atoms with van der Waals surface area (Å²) in [5, 5.41) is 8.56. The number of nitrogens with two attached hydrogens (primary N) is 1. The molecule has 2 N–H and O–H groups in total. The van der Waals surface area contributed by atoms with Gasteiger partial charge in [0.25, 0.3) is 0 Å². The van der Waals surface area contributed by atoms with Gasteiger partial charge in [-0.2, -0.15) is 5.26 Å². The van der Waals surface area contributed by atoms with E-state index in [1.807, 2.05) is 6.92 Å². The lowest BCUT2D eigenvalue weighted by Crippen LogP contribution is -2.21. The Kier molecular flexibility index (Phi) is 4.96. The third kappa shape index (κ3) is 3.47. The molecule has 2 unspecified atom stereocenters. The molecule has 2 heteroatoms. The van der Waals surface area contributed by atoms with Crippen molar-refractivity contribution in [3.63, 3.8) is 0 Å². The van der Waals surface area contributed by atoms with Crippen LogP contribution in [0.2, 0.25) is 0 Å². The molecule has 0 aliphatic carbocycles. The second kappa shape index (κ2) is 5.25. The van der Waals surface area contributed by atoms with E-state index in [0.717, 1.165) is 19.3 Å². The second-order valence-electron chi connectivity index (χ2n) is 2.64. The molecule has 0 aromatic rings. The van der Waals surface area contributed by atoms with Gasteiger partial charge in [-0.05, 0) is 19.3 Å². The van der Waals surface area contributed by atoms with Gasteiger partial charge in [0.15, 0.2) is 0 Å². The average molecular weight is 140 g/mol. The highest BCUT2D eigenvalue weighted by Gasteiger charge is 2.08. The third-order valence-corrected chi connectivity index (χ3v) is 1.79. The highest BCUT2D eigenvalue weighted by molar-refractivity contribution is 4.83. The van der Waals surface area contributed by atoms with Crippen LogP contribution in [0.3, 0.4) is 0 Å². The van der Waals surface area contributed by atoms with Gasteiger partial charge in [-0.25, -0.2) is 0 Å². The van der Waals surface area contributed by atoms with E-state index >= 15 is 0 Å². The number of rotatable bonds is 4. The molecule has 0 spiro atoms. The first-order valence-corrected chi connectivity index (χ1v) is 3.89. The lowest BCUT2D eigenvalue weighted by Gasteiger charge is -2.10. The van der Waals surface area contributed by atoms with Crippen molar-refractivity contribution >= 4 is 0 Å². The molecule has 0 saturated carbocycles. The average Bonchev–Trinajstić information content (AvgIpc) is 1.99. The molecule has 0 amide bonds. The van der Waals surface area contributed by atoms with Crippen molar-refractivity contribution < 1.29 is 0 Å². The van der Waals surface area contributed by atoms with Crippen LogP contribution in [0, 0.1) is 17.2 Å². The van der Waals surface area contributed by atoms with Gasteiger partial charge in [-0.15, -0.1) is 0 Å². The molecule has 0 aliphatic rings. The SMILES string of the molecule is CCC(N)CC(C#N)CC. The largest absolute Gasteiger partial charge is 0.328 e. The minimum Gasteiger partial charge on any atom is -0.328 e. The Labute approximate surface area is 63.0 Å². The summed E-state index contributed by atoms with van der Waals surface area (Å²) in [7, 11) is 0. The van der Waals surface area contributed by atoms with E-state index in [-0.39, 0.29) is 12.0 Å². The second-order valence-corrected chi connectivity index (χ2v) is 2.64. The van der Waals surface area contributed by atoms with Gasteiger partial charge in [-0.1, -0.05) is 13.8 Å². The van der Waals surface area contributed by atoms with Crippen LogP contribution in [-0.4, -0.2) is 6.04 Å². The lowest BCUT2D eigenvalue weighted by molar-refractivity contribution is 0.489. The van der Waals surface area contributed by atoms with Gasteiger partial charge in [0.1, 0.15) is 0 Å². The van der Waals surface area contributed by atoms with Crippen molar-refractivity contribution in [2.45, 2.75) is 39.2 Å². The first kappa shape index (κ1) is 9.45. The number of nitriles is 1. The summed E-state index contributed by atoms with van der Waals surface area (Å²) >= 11 is 0. The zero-order valence-corrected chi connectivity index (χ0v) is 6.80. The van der Waals surface area contributed by atoms with Crippen molar-refractivity contribution in [1.29, 1.82) is 5.26 Å². The highest BCUT2D eigenvalue weighted by atomic mass is 14.6. The Balaban J connectivity index is 3.54. The molecule has 2 nitrogen and oxygen atoms in total. The summed E-state index contributed by atoms with van der Waals surface area (Å²) in [5.74, 6) is 0.162. The Morgan fingerprint density at radius 3 is 2.30 bits per heavy atom. The monoisotopic (exact) mass is 140 g/mol. The quantitative estimate of drug-likeness (QED) is 0.645. The smallest absolute Gasteiger partial charge is 0.0656 e. The van der Waals surface area contributed by atoms with Gasteiger partial charge < -0.3 is 5.73 Å². The zero-order valence-electron chi connectivity index (χ0n) is 6.80. The van der Waals surface area contributed by atoms with E-state index in [0.29, 0.717) is 0 Å². The van der Waals surface area contributed by atoms with Crippen molar-refractivity contribution in [2.24, 2.45) is 11.7 Å². The van der Waals surface area contributed by atoms with Crippen LogP contribution < -0.4 is 5.73 Å². The van der Waals surface area contributed by atoms with Gasteiger partial charge in [0.2, 0.25) is 0 Å². The van der Waals surface area contributed by atoms with Crippen molar-refractivity contribution in [3.05, 3.63) is 0 Å². The topological polar surface area (TPSA) is 49.8 Å². The van der Waals surface area contributed by atoms with Crippen molar-refractivity contribution in [2.75, 3.05) is 0 Å². The van der Waals surface area contributed by atoms with E-state index in [2.05, 4.69) is 13.0 Å². The zero-order chi connectivity index (χ0) is 7.98. The molecule has 0 aromatic carbocycles. The molecule has 0 rings (SSSR count). The predicted octanol–water partition coefficient (Wildman–Crippen LogP) is 1.66. The van der Waals surface area contributed by atoms with E-state index in [4.69, 9.17) is 11.0 Å². The fraction of sp³-hybridized carbons (Fsp3) is 0.875. The fourth-order valence-corrected chi connectivity index (χ4v) is 0.843. The summed E-state index contributed by atoms with van der Waals surface area (Å²) in [6.07, 6.45) is 2.74. The predicted molar refractivity (Wildman–Crippen MR) is 42.3 cm³/mol. The maximum absolute atomic E-state index is 8.56. The van der Waals surface area contributed by atoms with Crippen LogP contribution in [0.25, 0.3) is 0 Å². The number of hydrogen-bond donors (Lipinski definition) is 1. The van der Waals surface area contributed by atoms with E-state index in [1.165, 1.54) is 0 Å². The van der Waals surface area contributed by atoms with Gasteiger partial charge in [0, 0.05) is 12.0 Å². The normalized spacial score (nSPS) is 15.8. The first-order chi connectivity index (χ1) is 4.74. The molecular formula is C8H16N2. The molecule has 0 aromatic heterocycles. The summed E-state index contributed by atoms with van der Waals surface area (Å²) in [6, 6.07) is 2.45. The molecule has 0 saturated heterocycles. The summed E-state index contributed by atoms with van der Waals surface area (Å²) in [5.41, 5.74) is 5.67. The van der Waals surface area contributed by atoms with Crippen LogP contribution in [0.5, 0.6) is 0 Å². The van der Waals surface area contributed by atoms with Crippen molar-refractivity contribution in [1.82, 2.24) is 0 Å². The standard InChI is InChI=1S/C8H16N2/c1-3-7(6-9)5-8(10)4-2/h7-8H,3-5,10H2,1-2H3. The van der Waals surface area contributed by atoms with Crippen LogP contribution in [0.4, 0.5) is 0 Å². The van der Waals surface area contributed by atoms with Crippen LogP contribution in [0.1, 0.15) is 33.1 Å². The molecule has 0 radical (unpaired) electrons. The van der Waals surface area contributed by atoms with Gasteiger partial charge >= 0.3 is 0 Å². The molecule has 0 bridgehead atoms. The minimum absolute atomic E-state index is 0.162. The summed E-state index contributed by atoms with van der Waals surface area (Å²) < 4.78 is 0. The van der Waals surface area contributed by atoms with Gasteiger partial charge in [0.05, 0.1) is 6.07 Å². The Hall–Kier alpha value is -0.550. The maximum Gasteiger partial charge on any atom is 0.0656 e. The summed E-state index contributed by atoms with van der Waals surface area (Å²) in [6.45, 7) is 4.07. The van der Waals surface area contributed by atoms with Gasteiger partial charge in [-0.3, -0.25) is 0 Å². The molecule has 0 fully saturated rings. The highest BCUT2D eigenvalue weighted by Crippen LogP contribution is 2.09. The molecule has 58 valence electrons. The summed E-state index contributed by atoms with van der Waals surface area (Å²) in [4.78, 5) is 0. The van der Waals surface area contributed by atoms with E-state index < -0.39 is 0 Å². The minimum atomic E-state index is 0.162. The van der Waals surface area contributed by atoms with Crippen molar-refractivity contribution in [3.8, 4) is 6.07 Å². The van der Waals surface area contributed by atoms with Crippen LogP contribution in [-0.2, 0) is 0 Å². The molecule has 2 atom stereocenters. The number of hydrogen-bond acceptors (Lipinski definition) is 2. The Morgan fingerprint density at radius 2 is 2.00 bits per heavy atom. The lowest BCUT2D eigenvalue weighted by atomic mass is 9.98. The molecule has 10 heavy (non-hydrogen) atoms. The Bertz CT molecular complexity index is 115. The maximum atomic E-state index is 8.56. The fourth-order valence-electron chi connectivity index (χ4n) is 0.843. The number of nitrogens with zero attached hydrogens (tertiary/aromatic N) is 1. The van der Waals surface area contributed by atoms with E-state index in [9.17, 15) is 0 Å². The molecule has 0 heterocycles. The third-order valence-electron chi connectivity index (χ3n) is 1.79. The molecule has 0 aliphatic heterocycles.